The highest BCUT2D eigenvalue weighted by atomic mass is 79.9. The molecule has 0 aromatic heterocycles. The summed E-state index contributed by atoms with van der Waals surface area (Å²) in [6.07, 6.45) is 2.62. The van der Waals surface area contributed by atoms with Gasteiger partial charge in [0.2, 0.25) is 0 Å². The molecule has 98 valence electrons. The molecule has 0 radical (unpaired) electrons. The van der Waals surface area contributed by atoms with E-state index in [1.54, 1.807) is 12.1 Å². The van der Waals surface area contributed by atoms with Gasteiger partial charge in [-0.15, -0.1) is 0 Å². The number of nitrogens with zero attached hydrogens (tertiary/aromatic N) is 1. The van der Waals surface area contributed by atoms with Crippen molar-refractivity contribution < 1.29 is 4.39 Å². The van der Waals surface area contributed by atoms with Crippen LogP contribution in [0.25, 0.3) is 0 Å². The van der Waals surface area contributed by atoms with Gasteiger partial charge < -0.3 is 10.2 Å². The number of hydrogen-bond acceptors (Lipinski definition) is 2. The molecule has 2 bridgehead atoms. The van der Waals surface area contributed by atoms with E-state index in [0.29, 0.717) is 10.5 Å². The molecule has 1 aromatic rings. The quantitative estimate of drug-likeness (QED) is 0.923. The Morgan fingerprint density at radius 1 is 1.33 bits per heavy atom. The van der Waals surface area contributed by atoms with Crippen molar-refractivity contribution in [2.75, 3.05) is 19.6 Å². The monoisotopic (exact) mass is 312 g/mol. The Morgan fingerprint density at radius 2 is 2.11 bits per heavy atom. The van der Waals surface area contributed by atoms with Crippen molar-refractivity contribution in [1.29, 1.82) is 0 Å². The summed E-state index contributed by atoms with van der Waals surface area (Å²) in [4.78, 5) is 2.53. The van der Waals surface area contributed by atoms with Gasteiger partial charge in [-0.25, -0.2) is 4.39 Å². The number of piperidine rings is 3. The molecule has 3 aliphatic rings. The largest absolute Gasteiger partial charge is 0.308 e. The minimum atomic E-state index is -0.178. The summed E-state index contributed by atoms with van der Waals surface area (Å²) in [5, 5.41) is 3.59. The zero-order valence-electron chi connectivity index (χ0n) is 10.3. The number of halogens is 2. The van der Waals surface area contributed by atoms with E-state index in [2.05, 4.69) is 26.1 Å². The van der Waals surface area contributed by atoms with Gasteiger partial charge in [-0.1, -0.05) is 6.07 Å². The first-order valence-electron chi connectivity index (χ1n) is 6.62. The average molecular weight is 313 g/mol. The maximum absolute atomic E-state index is 13.4. The fraction of sp³-hybridized carbons (Fsp3) is 0.571. The number of rotatable bonds is 3. The summed E-state index contributed by atoms with van der Waals surface area (Å²) in [6.45, 7) is 4.44. The van der Waals surface area contributed by atoms with Crippen LogP contribution in [-0.2, 0) is 6.54 Å². The van der Waals surface area contributed by atoms with Gasteiger partial charge in [-0.3, -0.25) is 0 Å². The average Bonchev–Trinajstić information content (AvgIpc) is 2.41. The topological polar surface area (TPSA) is 15.3 Å². The molecule has 18 heavy (non-hydrogen) atoms. The van der Waals surface area contributed by atoms with E-state index in [4.69, 9.17) is 0 Å². The number of fused-ring (bicyclic) bond motifs is 3. The van der Waals surface area contributed by atoms with Crippen molar-refractivity contribution in [2.45, 2.75) is 25.4 Å². The second-order valence-corrected chi connectivity index (χ2v) is 6.23. The minimum Gasteiger partial charge on any atom is -0.308 e. The van der Waals surface area contributed by atoms with Crippen LogP contribution in [0.15, 0.2) is 22.7 Å². The van der Waals surface area contributed by atoms with E-state index >= 15 is 0 Å². The summed E-state index contributed by atoms with van der Waals surface area (Å²) < 4.78 is 13.9. The molecule has 0 amide bonds. The van der Waals surface area contributed by atoms with Gasteiger partial charge in [-0.2, -0.15) is 0 Å². The predicted molar refractivity (Wildman–Crippen MR) is 73.9 cm³/mol. The Bertz CT molecular complexity index is 430. The Kier molecular flexibility index (Phi) is 3.68. The van der Waals surface area contributed by atoms with E-state index in [9.17, 15) is 4.39 Å². The van der Waals surface area contributed by atoms with Gasteiger partial charge >= 0.3 is 0 Å². The van der Waals surface area contributed by atoms with E-state index in [-0.39, 0.29) is 5.82 Å². The minimum absolute atomic E-state index is 0.178. The van der Waals surface area contributed by atoms with Gasteiger partial charge in [0.15, 0.2) is 0 Å². The summed E-state index contributed by atoms with van der Waals surface area (Å²) in [7, 11) is 0. The lowest BCUT2D eigenvalue weighted by molar-refractivity contribution is 0.0720. The first kappa shape index (κ1) is 12.6. The van der Waals surface area contributed by atoms with E-state index in [1.807, 2.05) is 6.07 Å². The molecule has 1 N–H and O–H groups in total. The number of nitrogens with one attached hydrogen (secondary N) is 1. The summed E-state index contributed by atoms with van der Waals surface area (Å²) in [6, 6.07) is 5.95. The van der Waals surface area contributed by atoms with Crippen LogP contribution in [0.4, 0.5) is 4.39 Å². The van der Waals surface area contributed by atoms with E-state index in [0.717, 1.165) is 24.6 Å². The molecule has 2 nitrogen and oxygen atoms in total. The molecule has 4 heteroatoms. The molecular formula is C14H18BrFN2. The molecule has 4 rings (SSSR count). The fourth-order valence-corrected chi connectivity index (χ4v) is 3.34. The van der Waals surface area contributed by atoms with Crippen LogP contribution >= 0.6 is 15.9 Å². The Balaban J connectivity index is 1.59. The number of hydrogen-bond donors (Lipinski definition) is 1. The van der Waals surface area contributed by atoms with Crippen molar-refractivity contribution in [3.63, 3.8) is 0 Å². The van der Waals surface area contributed by atoms with Gasteiger partial charge in [0.25, 0.3) is 0 Å². The van der Waals surface area contributed by atoms with E-state index < -0.39 is 0 Å². The van der Waals surface area contributed by atoms with Crippen LogP contribution in [0.3, 0.4) is 0 Å². The molecule has 3 fully saturated rings. The SMILES string of the molecule is Fc1cc(CNC2CN3CCC2CC3)ccc1Br. The molecule has 3 aliphatic heterocycles. The van der Waals surface area contributed by atoms with Crippen LogP contribution in [0.5, 0.6) is 0 Å². The molecule has 1 unspecified atom stereocenters. The van der Waals surface area contributed by atoms with Crippen LogP contribution in [0, 0.1) is 11.7 Å². The highest BCUT2D eigenvalue weighted by Gasteiger charge is 2.33. The van der Waals surface area contributed by atoms with Crippen LogP contribution in [0.2, 0.25) is 0 Å². The summed E-state index contributed by atoms with van der Waals surface area (Å²) >= 11 is 3.18. The van der Waals surface area contributed by atoms with Crippen LogP contribution < -0.4 is 5.32 Å². The third-order valence-corrected chi connectivity index (χ3v) is 4.85. The van der Waals surface area contributed by atoms with Crippen LogP contribution in [-0.4, -0.2) is 30.6 Å². The fourth-order valence-electron chi connectivity index (χ4n) is 3.09. The second-order valence-electron chi connectivity index (χ2n) is 5.37. The highest BCUT2D eigenvalue weighted by Crippen LogP contribution is 2.27. The van der Waals surface area contributed by atoms with Crippen LogP contribution in [0.1, 0.15) is 18.4 Å². The molecular weight excluding hydrogens is 295 g/mol. The normalized spacial score (nSPS) is 30.7. The van der Waals surface area contributed by atoms with Crippen molar-refractivity contribution >= 4 is 15.9 Å². The molecule has 0 saturated carbocycles. The predicted octanol–water partition coefficient (Wildman–Crippen LogP) is 2.77. The van der Waals surface area contributed by atoms with Gasteiger partial charge in [-0.05, 0) is 65.5 Å². The first-order valence-corrected chi connectivity index (χ1v) is 7.41. The lowest BCUT2D eigenvalue weighted by Crippen LogP contribution is -2.55. The number of benzene rings is 1. The van der Waals surface area contributed by atoms with Gasteiger partial charge in [0.1, 0.15) is 5.82 Å². The summed E-state index contributed by atoms with van der Waals surface area (Å²) in [5.74, 6) is 0.638. The van der Waals surface area contributed by atoms with Crippen molar-refractivity contribution in [1.82, 2.24) is 10.2 Å². The lowest BCUT2D eigenvalue weighted by atomic mass is 9.84. The smallest absolute Gasteiger partial charge is 0.137 e. The molecule has 1 aromatic carbocycles. The van der Waals surface area contributed by atoms with Crippen molar-refractivity contribution in [3.8, 4) is 0 Å². The Morgan fingerprint density at radius 3 is 2.72 bits per heavy atom. The Labute approximate surface area is 116 Å². The Hall–Kier alpha value is -0.450. The second kappa shape index (κ2) is 5.27. The van der Waals surface area contributed by atoms with Crippen molar-refractivity contribution in [2.24, 2.45) is 5.92 Å². The molecule has 0 aliphatic carbocycles. The molecule has 0 spiro atoms. The van der Waals surface area contributed by atoms with E-state index in [1.165, 1.54) is 25.9 Å². The zero-order valence-corrected chi connectivity index (χ0v) is 11.9. The molecule has 3 heterocycles. The maximum Gasteiger partial charge on any atom is 0.137 e. The maximum atomic E-state index is 13.4. The zero-order chi connectivity index (χ0) is 12.5. The third kappa shape index (κ3) is 2.60. The van der Waals surface area contributed by atoms with Crippen molar-refractivity contribution in [3.05, 3.63) is 34.1 Å². The summed E-state index contributed by atoms with van der Waals surface area (Å²) in [5.41, 5.74) is 1.02. The highest BCUT2D eigenvalue weighted by molar-refractivity contribution is 9.10. The molecule has 3 saturated heterocycles. The van der Waals surface area contributed by atoms with Gasteiger partial charge in [0.05, 0.1) is 4.47 Å². The first-order chi connectivity index (χ1) is 8.72. The molecule has 1 atom stereocenters. The lowest BCUT2D eigenvalue weighted by Gasteiger charge is -2.45. The standard InChI is InChI=1S/C14H18BrFN2/c15-12-2-1-10(7-13(12)16)8-17-14-9-18-5-3-11(14)4-6-18/h1-2,7,11,14,17H,3-6,8-9H2. The van der Waals surface area contributed by atoms with Gasteiger partial charge in [0, 0.05) is 19.1 Å². The third-order valence-electron chi connectivity index (χ3n) is 4.21.